The summed E-state index contributed by atoms with van der Waals surface area (Å²) in [7, 11) is -0.921. The van der Waals surface area contributed by atoms with Crippen molar-refractivity contribution in [3.8, 4) is 0 Å². The van der Waals surface area contributed by atoms with Crippen LogP contribution in [0.15, 0.2) is 0 Å². The fraction of sp³-hybridized carbons (Fsp3) is 1.00. The lowest BCUT2D eigenvalue weighted by Gasteiger charge is -2.48. The smallest absolute Gasteiger partial charge is 0.350 e. The summed E-state index contributed by atoms with van der Waals surface area (Å²) in [5.41, 5.74) is -0.530. The van der Waals surface area contributed by atoms with Gasteiger partial charge in [-0.3, -0.25) is 0 Å². The Morgan fingerprint density at radius 3 is 1.78 bits per heavy atom. The first-order chi connectivity index (χ1) is 8.22. The Labute approximate surface area is 111 Å². The van der Waals surface area contributed by atoms with Crippen molar-refractivity contribution in [1.82, 2.24) is 4.90 Å². The summed E-state index contributed by atoms with van der Waals surface area (Å²) in [6, 6.07) is 0. The molecule has 0 saturated carbocycles. The summed E-state index contributed by atoms with van der Waals surface area (Å²) >= 11 is 0. The molecule has 1 spiro atoms. The number of hydrogen-bond donors (Lipinski definition) is 0. The van der Waals surface area contributed by atoms with Crippen molar-refractivity contribution >= 4 is 9.05 Å². The van der Waals surface area contributed by atoms with E-state index in [0.717, 1.165) is 19.5 Å². The van der Waals surface area contributed by atoms with Gasteiger partial charge in [-0.1, -0.05) is 0 Å². The van der Waals surface area contributed by atoms with E-state index >= 15 is 0 Å². The van der Waals surface area contributed by atoms with Crippen LogP contribution < -0.4 is 0 Å². The molecule has 0 aromatic rings. The molecule has 0 aromatic carbocycles. The van der Waals surface area contributed by atoms with Crippen molar-refractivity contribution in [2.24, 2.45) is 0 Å². The zero-order valence-electron chi connectivity index (χ0n) is 12.1. The number of hydrogen-bond acceptors (Lipinski definition) is 5. The number of likely N-dealkylation sites (N-methyl/N-ethyl adjacent to an activating group) is 1. The fourth-order valence-corrected chi connectivity index (χ4v) is 5.26. The van der Waals surface area contributed by atoms with Crippen LogP contribution in [0.25, 0.3) is 0 Å². The maximum atomic E-state index is 6.06. The average Bonchev–Trinajstić information content (AvgIpc) is 2.09. The molecule has 0 aliphatic carbocycles. The van der Waals surface area contributed by atoms with E-state index < -0.39 is 9.05 Å². The topological polar surface area (TPSA) is 40.2 Å². The van der Waals surface area contributed by atoms with Gasteiger partial charge in [0.05, 0.1) is 24.4 Å². The van der Waals surface area contributed by atoms with Crippen LogP contribution in [0.1, 0.15) is 34.1 Å². The van der Waals surface area contributed by atoms with Crippen LogP contribution >= 0.6 is 0 Å². The van der Waals surface area contributed by atoms with Crippen LogP contribution in [0.2, 0.25) is 0 Å². The van der Waals surface area contributed by atoms with Crippen molar-refractivity contribution in [2.75, 3.05) is 33.4 Å². The molecule has 0 N–H and O–H groups in total. The van der Waals surface area contributed by atoms with E-state index in [0.29, 0.717) is 13.2 Å². The lowest BCUT2D eigenvalue weighted by Crippen LogP contribution is -2.64. The molecule has 2 saturated heterocycles. The van der Waals surface area contributed by atoms with Gasteiger partial charge in [0.25, 0.3) is 0 Å². The van der Waals surface area contributed by atoms with Crippen LogP contribution in [0.4, 0.5) is 0 Å². The maximum Gasteiger partial charge on any atom is 0.680 e. The van der Waals surface area contributed by atoms with Gasteiger partial charge in [0.15, 0.2) is 0 Å². The van der Waals surface area contributed by atoms with E-state index in [1.165, 1.54) is 0 Å². The molecule has 0 aromatic heterocycles. The third-order valence-corrected chi connectivity index (χ3v) is 5.88. The Kier molecular flexibility index (Phi) is 3.88. The normalized spacial score (nSPS) is 31.8. The van der Waals surface area contributed by atoms with E-state index in [-0.39, 0.29) is 11.2 Å². The predicted molar refractivity (Wildman–Crippen MR) is 70.1 cm³/mol. The van der Waals surface area contributed by atoms with E-state index in [4.69, 9.17) is 17.7 Å². The van der Waals surface area contributed by atoms with Crippen LogP contribution in [-0.4, -0.2) is 58.5 Å². The summed E-state index contributed by atoms with van der Waals surface area (Å²) < 4.78 is 23.9. The second kappa shape index (κ2) is 4.85. The Bertz CT molecular complexity index is 280. The molecular weight excluding hydrogens is 250 g/mol. The van der Waals surface area contributed by atoms with E-state index in [2.05, 4.69) is 39.6 Å². The van der Waals surface area contributed by atoms with Crippen molar-refractivity contribution in [3.05, 3.63) is 0 Å². The van der Waals surface area contributed by atoms with Gasteiger partial charge in [0.1, 0.15) is 0 Å². The highest BCUT2D eigenvalue weighted by molar-refractivity contribution is 6.54. The molecule has 2 aliphatic heterocycles. The van der Waals surface area contributed by atoms with Crippen LogP contribution in [-0.2, 0) is 17.7 Å². The summed E-state index contributed by atoms with van der Waals surface area (Å²) in [5.74, 6) is 0. The Hall–Kier alpha value is 0.0169. The SMILES string of the molecule is CN1CCO[Si]2(OCC1)OC(C)(C)CC(C)(C)O2. The Morgan fingerprint density at radius 2 is 1.33 bits per heavy atom. The highest BCUT2D eigenvalue weighted by atomic mass is 28.4. The minimum Gasteiger partial charge on any atom is -0.350 e. The molecule has 0 bridgehead atoms. The molecule has 18 heavy (non-hydrogen) atoms. The second-order valence-corrected chi connectivity index (χ2v) is 8.39. The van der Waals surface area contributed by atoms with Gasteiger partial charge in [-0.25, -0.2) is 0 Å². The van der Waals surface area contributed by atoms with E-state index in [9.17, 15) is 0 Å². The zero-order valence-corrected chi connectivity index (χ0v) is 13.1. The molecule has 2 aliphatic rings. The molecule has 0 atom stereocenters. The van der Waals surface area contributed by atoms with Gasteiger partial charge in [0.2, 0.25) is 0 Å². The molecule has 2 fully saturated rings. The third-order valence-electron chi connectivity index (χ3n) is 3.16. The first-order valence-electron chi connectivity index (χ1n) is 6.59. The zero-order chi connectivity index (χ0) is 13.4. The number of rotatable bonds is 0. The van der Waals surface area contributed by atoms with Gasteiger partial charge >= 0.3 is 9.05 Å². The molecule has 0 unspecified atom stereocenters. The van der Waals surface area contributed by atoms with Crippen LogP contribution in [0.5, 0.6) is 0 Å². The molecule has 0 radical (unpaired) electrons. The van der Waals surface area contributed by atoms with Gasteiger partial charge < -0.3 is 22.6 Å². The van der Waals surface area contributed by atoms with Gasteiger partial charge in [0, 0.05) is 19.5 Å². The molecule has 6 heteroatoms. The minimum atomic E-state index is -2.98. The number of nitrogens with zero attached hydrogens (tertiary/aromatic N) is 1. The quantitative estimate of drug-likeness (QED) is 0.625. The van der Waals surface area contributed by atoms with Crippen LogP contribution in [0.3, 0.4) is 0 Å². The Morgan fingerprint density at radius 1 is 0.889 bits per heavy atom. The van der Waals surface area contributed by atoms with Gasteiger partial charge in [-0.15, -0.1) is 0 Å². The summed E-state index contributed by atoms with van der Waals surface area (Å²) in [4.78, 5) is 2.18. The standard InChI is InChI=1S/C12H25NO4Si/c1-11(2)10-12(3,4)17-18(16-11)14-8-6-13(5)7-9-15-18/h6-10H2,1-5H3. The average molecular weight is 275 g/mol. The summed E-state index contributed by atoms with van der Waals surface area (Å²) in [6.45, 7) is 11.2. The fourth-order valence-electron chi connectivity index (χ4n) is 2.72. The minimum absolute atomic E-state index is 0.265. The van der Waals surface area contributed by atoms with Crippen LogP contribution in [0, 0.1) is 0 Å². The largest absolute Gasteiger partial charge is 0.680 e. The molecule has 2 rings (SSSR count). The lowest BCUT2D eigenvalue weighted by molar-refractivity contribution is -0.178. The monoisotopic (exact) mass is 275 g/mol. The predicted octanol–water partition coefficient (Wildman–Crippen LogP) is 1.39. The molecule has 2 heterocycles. The van der Waals surface area contributed by atoms with Crippen molar-refractivity contribution in [3.63, 3.8) is 0 Å². The first-order valence-corrected chi connectivity index (χ1v) is 8.22. The highest BCUT2D eigenvalue weighted by Gasteiger charge is 2.58. The van der Waals surface area contributed by atoms with Gasteiger partial charge in [-0.05, 0) is 34.7 Å². The first kappa shape index (κ1) is 14.4. The van der Waals surface area contributed by atoms with Crippen molar-refractivity contribution < 1.29 is 17.7 Å². The summed E-state index contributed by atoms with van der Waals surface area (Å²) in [5, 5.41) is 0. The molecular formula is C12H25NO4Si. The lowest BCUT2D eigenvalue weighted by atomic mass is 9.93. The summed E-state index contributed by atoms with van der Waals surface area (Å²) in [6.07, 6.45) is 0.835. The third kappa shape index (κ3) is 3.52. The van der Waals surface area contributed by atoms with E-state index in [1.54, 1.807) is 0 Å². The Balaban J connectivity index is 2.13. The molecule has 106 valence electrons. The van der Waals surface area contributed by atoms with E-state index in [1.807, 2.05) is 0 Å². The molecule has 0 amide bonds. The molecule has 5 nitrogen and oxygen atoms in total. The van der Waals surface area contributed by atoms with Crippen molar-refractivity contribution in [2.45, 2.75) is 45.3 Å². The van der Waals surface area contributed by atoms with Gasteiger partial charge in [-0.2, -0.15) is 0 Å². The second-order valence-electron chi connectivity index (χ2n) is 6.40. The highest BCUT2D eigenvalue weighted by Crippen LogP contribution is 2.38. The maximum absolute atomic E-state index is 6.06. The van der Waals surface area contributed by atoms with Crippen molar-refractivity contribution in [1.29, 1.82) is 0 Å².